The van der Waals surface area contributed by atoms with E-state index in [9.17, 15) is 0 Å². The van der Waals surface area contributed by atoms with Gasteiger partial charge in [-0.1, -0.05) is 24.6 Å². The van der Waals surface area contributed by atoms with Gasteiger partial charge in [0.1, 0.15) is 5.82 Å². The van der Waals surface area contributed by atoms with Crippen LogP contribution in [0, 0.1) is 6.92 Å². The number of benzene rings is 1. The van der Waals surface area contributed by atoms with Crippen LogP contribution >= 0.6 is 11.6 Å². The zero-order valence-corrected chi connectivity index (χ0v) is 10.5. The fraction of sp³-hybridized carbons (Fsp3) is 0.250. The van der Waals surface area contributed by atoms with Crippen molar-refractivity contribution >= 4 is 17.5 Å². The number of hydrogen-bond acceptors (Lipinski definition) is 4. The number of halogens is 1. The topological polar surface area (TPSA) is 64.7 Å². The maximum absolute atomic E-state index is 5.98. The van der Waals surface area contributed by atoms with Crippen molar-refractivity contribution < 1.29 is 0 Å². The molecule has 2 aromatic rings. The summed E-state index contributed by atoms with van der Waals surface area (Å²) in [5.74, 6) is 1.51. The lowest BCUT2D eigenvalue weighted by Crippen LogP contribution is -2.04. The van der Waals surface area contributed by atoms with Gasteiger partial charge in [0.15, 0.2) is 5.82 Å². The van der Waals surface area contributed by atoms with Crippen LogP contribution in [0.4, 0.5) is 5.95 Å². The van der Waals surface area contributed by atoms with Crippen molar-refractivity contribution in [1.29, 1.82) is 0 Å². The largest absolute Gasteiger partial charge is 0.368 e. The van der Waals surface area contributed by atoms with Crippen molar-refractivity contribution in [1.82, 2.24) is 15.0 Å². The van der Waals surface area contributed by atoms with Gasteiger partial charge in [-0.2, -0.15) is 9.97 Å². The molecule has 0 unspecified atom stereocenters. The van der Waals surface area contributed by atoms with E-state index in [1.165, 1.54) is 0 Å². The van der Waals surface area contributed by atoms with Gasteiger partial charge >= 0.3 is 0 Å². The molecule has 0 atom stereocenters. The molecule has 4 nitrogen and oxygen atoms in total. The molecule has 2 N–H and O–H groups in total. The molecule has 1 aromatic carbocycles. The minimum absolute atomic E-state index is 0.242. The fourth-order valence-electron chi connectivity index (χ4n) is 1.55. The first-order chi connectivity index (χ1) is 8.10. The lowest BCUT2D eigenvalue weighted by Gasteiger charge is -2.06. The molecule has 1 heterocycles. The van der Waals surface area contributed by atoms with Crippen molar-refractivity contribution in [2.45, 2.75) is 20.3 Å². The molecule has 0 saturated carbocycles. The molecule has 88 valence electrons. The van der Waals surface area contributed by atoms with E-state index in [2.05, 4.69) is 15.0 Å². The third-order valence-electron chi connectivity index (χ3n) is 2.46. The molecular formula is C12H13ClN4. The first-order valence-corrected chi connectivity index (χ1v) is 5.75. The van der Waals surface area contributed by atoms with Gasteiger partial charge in [-0.05, 0) is 24.6 Å². The second-order valence-electron chi connectivity index (χ2n) is 3.75. The summed E-state index contributed by atoms with van der Waals surface area (Å²) >= 11 is 5.98. The zero-order chi connectivity index (χ0) is 12.4. The Hall–Kier alpha value is -1.68. The molecule has 0 saturated heterocycles. The predicted molar refractivity (Wildman–Crippen MR) is 68.8 cm³/mol. The summed E-state index contributed by atoms with van der Waals surface area (Å²) < 4.78 is 0. The summed E-state index contributed by atoms with van der Waals surface area (Å²) in [7, 11) is 0. The molecule has 0 fully saturated rings. The number of nitrogens with zero attached hydrogens (tertiary/aromatic N) is 3. The zero-order valence-electron chi connectivity index (χ0n) is 9.74. The van der Waals surface area contributed by atoms with Crippen LogP contribution < -0.4 is 5.73 Å². The average molecular weight is 249 g/mol. The molecule has 0 aliphatic carbocycles. The molecule has 0 aliphatic heterocycles. The molecule has 17 heavy (non-hydrogen) atoms. The summed E-state index contributed by atoms with van der Waals surface area (Å²) in [6.45, 7) is 3.96. The van der Waals surface area contributed by atoms with E-state index in [0.29, 0.717) is 16.7 Å². The normalized spacial score (nSPS) is 10.5. The van der Waals surface area contributed by atoms with E-state index in [1.54, 1.807) is 0 Å². The first-order valence-electron chi connectivity index (χ1n) is 5.37. The summed E-state index contributed by atoms with van der Waals surface area (Å²) in [5, 5.41) is 0.655. The van der Waals surface area contributed by atoms with Gasteiger partial charge in [0.2, 0.25) is 5.95 Å². The standard InChI is InChI=1S/C12H13ClN4/c1-3-10-15-11(17-12(14)16-10)9-6-8(13)5-4-7(9)2/h4-6H,3H2,1-2H3,(H2,14,15,16,17). The molecule has 5 heteroatoms. The van der Waals surface area contributed by atoms with Crippen molar-refractivity contribution in [2.24, 2.45) is 0 Å². The second kappa shape index (κ2) is 4.67. The molecule has 0 amide bonds. The van der Waals surface area contributed by atoms with Crippen LogP contribution in [0.1, 0.15) is 18.3 Å². The predicted octanol–water partition coefficient (Wildman–Crippen LogP) is 2.65. The number of rotatable bonds is 2. The number of anilines is 1. The highest BCUT2D eigenvalue weighted by molar-refractivity contribution is 6.30. The molecular weight excluding hydrogens is 236 g/mol. The van der Waals surface area contributed by atoms with Crippen molar-refractivity contribution in [2.75, 3.05) is 5.73 Å². The Bertz CT molecular complexity index is 554. The van der Waals surface area contributed by atoms with E-state index in [4.69, 9.17) is 17.3 Å². The van der Waals surface area contributed by atoms with Gasteiger partial charge in [-0.25, -0.2) is 4.98 Å². The number of hydrogen-bond donors (Lipinski definition) is 1. The summed E-state index contributed by atoms with van der Waals surface area (Å²) in [6.07, 6.45) is 0.722. The SMILES string of the molecule is CCc1nc(N)nc(-c2cc(Cl)ccc2C)n1. The summed E-state index contributed by atoms with van der Waals surface area (Å²) in [4.78, 5) is 12.6. The highest BCUT2D eigenvalue weighted by Gasteiger charge is 2.09. The van der Waals surface area contributed by atoms with Crippen LogP contribution in [-0.4, -0.2) is 15.0 Å². The number of nitrogens with two attached hydrogens (primary N) is 1. The molecule has 0 aliphatic rings. The van der Waals surface area contributed by atoms with Crippen molar-refractivity contribution in [3.8, 4) is 11.4 Å². The molecule has 1 aromatic heterocycles. The van der Waals surface area contributed by atoms with Gasteiger partial charge in [0, 0.05) is 17.0 Å². The van der Waals surface area contributed by atoms with Crippen LogP contribution in [0.15, 0.2) is 18.2 Å². The molecule has 0 radical (unpaired) electrons. The van der Waals surface area contributed by atoms with Crippen molar-refractivity contribution in [3.63, 3.8) is 0 Å². The smallest absolute Gasteiger partial charge is 0.223 e. The minimum atomic E-state index is 0.242. The Morgan fingerprint density at radius 1 is 1.24 bits per heavy atom. The molecule has 0 spiro atoms. The van der Waals surface area contributed by atoms with Gasteiger partial charge < -0.3 is 5.73 Å². The van der Waals surface area contributed by atoms with Crippen LogP contribution in [0.2, 0.25) is 5.02 Å². The lowest BCUT2D eigenvalue weighted by atomic mass is 10.1. The Morgan fingerprint density at radius 3 is 2.71 bits per heavy atom. The molecule has 2 rings (SSSR count). The highest BCUT2D eigenvalue weighted by atomic mass is 35.5. The summed E-state index contributed by atoms with van der Waals surface area (Å²) in [5.41, 5.74) is 7.61. The summed E-state index contributed by atoms with van der Waals surface area (Å²) in [6, 6.07) is 5.61. The van der Waals surface area contributed by atoms with E-state index in [-0.39, 0.29) is 5.95 Å². The van der Waals surface area contributed by atoms with E-state index < -0.39 is 0 Å². The maximum atomic E-state index is 5.98. The third-order valence-corrected chi connectivity index (χ3v) is 2.69. The van der Waals surface area contributed by atoms with Crippen LogP contribution in [0.25, 0.3) is 11.4 Å². The second-order valence-corrected chi connectivity index (χ2v) is 4.18. The number of aryl methyl sites for hydroxylation is 2. The lowest BCUT2D eigenvalue weighted by molar-refractivity contribution is 0.912. The van der Waals surface area contributed by atoms with Crippen LogP contribution in [0.5, 0.6) is 0 Å². The number of aromatic nitrogens is 3. The van der Waals surface area contributed by atoms with E-state index in [1.807, 2.05) is 32.0 Å². The minimum Gasteiger partial charge on any atom is -0.368 e. The van der Waals surface area contributed by atoms with E-state index >= 15 is 0 Å². The van der Waals surface area contributed by atoms with Crippen LogP contribution in [0.3, 0.4) is 0 Å². The fourth-order valence-corrected chi connectivity index (χ4v) is 1.72. The monoisotopic (exact) mass is 248 g/mol. The maximum Gasteiger partial charge on any atom is 0.223 e. The quantitative estimate of drug-likeness (QED) is 0.887. The average Bonchev–Trinajstić information content (AvgIpc) is 2.31. The Balaban J connectivity index is 2.59. The van der Waals surface area contributed by atoms with Crippen LogP contribution in [-0.2, 0) is 6.42 Å². The van der Waals surface area contributed by atoms with Crippen molar-refractivity contribution in [3.05, 3.63) is 34.6 Å². The Morgan fingerprint density at radius 2 is 2.00 bits per heavy atom. The Kier molecular flexibility index (Phi) is 3.24. The van der Waals surface area contributed by atoms with Gasteiger partial charge in [-0.3, -0.25) is 0 Å². The highest BCUT2D eigenvalue weighted by Crippen LogP contribution is 2.24. The Labute approximate surface area is 105 Å². The van der Waals surface area contributed by atoms with Gasteiger partial charge in [0.25, 0.3) is 0 Å². The van der Waals surface area contributed by atoms with Gasteiger partial charge in [-0.15, -0.1) is 0 Å². The van der Waals surface area contributed by atoms with E-state index in [0.717, 1.165) is 17.5 Å². The number of nitrogen functional groups attached to an aromatic ring is 1. The van der Waals surface area contributed by atoms with Gasteiger partial charge in [0.05, 0.1) is 0 Å². The molecule has 0 bridgehead atoms. The third kappa shape index (κ3) is 2.53. The first kappa shape index (κ1) is 11.8.